The van der Waals surface area contributed by atoms with Gasteiger partial charge in [0.05, 0.1) is 0 Å². The van der Waals surface area contributed by atoms with Crippen LogP contribution in [-0.4, -0.2) is 5.91 Å². The van der Waals surface area contributed by atoms with Crippen molar-refractivity contribution < 1.29 is 13.9 Å². The van der Waals surface area contributed by atoms with E-state index in [1.165, 1.54) is 17.5 Å². The van der Waals surface area contributed by atoms with E-state index in [-0.39, 0.29) is 11.7 Å². The molecule has 1 aliphatic rings. The first-order chi connectivity index (χ1) is 13.1. The highest BCUT2D eigenvalue weighted by Crippen LogP contribution is 2.26. The molecule has 0 saturated heterocycles. The molecule has 0 spiro atoms. The van der Waals surface area contributed by atoms with Gasteiger partial charge < -0.3 is 14.5 Å². The Labute approximate surface area is 159 Å². The summed E-state index contributed by atoms with van der Waals surface area (Å²) in [5.74, 6) is 1.49. The van der Waals surface area contributed by atoms with Gasteiger partial charge in [-0.2, -0.15) is 0 Å². The number of aryl methyl sites for hydroxylation is 3. The second-order valence-corrected chi connectivity index (χ2v) is 7.04. The number of furan rings is 1. The van der Waals surface area contributed by atoms with E-state index in [2.05, 4.69) is 17.4 Å². The summed E-state index contributed by atoms with van der Waals surface area (Å²) in [7, 11) is 0. The van der Waals surface area contributed by atoms with Gasteiger partial charge in [-0.05, 0) is 85.7 Å². The van der Waals surface area contributed by atoms with Crippen LogP contribution >= 0.6 is 0 Å². The van der Waals surface area contributed by atoms with Crippen molar-refractivity contribution in [2.24, 2.45) is 0 Å². The predicted octanol–water partition coefficient (Wildman–Crippen LogP) is 5.22. The van der Waals surface area contributed by atoms with Gasteiger partial charge >= 0.3 is 0 Å². The van der Waals surface area contributed by atoms with E-state index in [1.54, 1.807) is 12.1 Å². The first-order valence-electron chi connectivity index (χ1n) is 9.31. The maximum atomic E-state index is 12.4. The smallest absolute Gasteiger partial charge is 0.291 e. The summed E-state index contributed by atoms with van der Waals surface area (Å²) in [6.07, 6.45) is 3.50. The number of anilines is 1. The van der Waals surface area contributed by atoms with Gasteiger partial charge in [0.25, 0.3) is 5.91 Å². The monoisotopic (exact) mass is 361 g/mol. The second kappa shape index (κ2) is 7.31. The molecule has 1 aromatic heterocycles. The summed E-state index contributed by atoms with van der Waals surface area (Å²) in [4.78, 5) is 12.4. The average Bonchev–Trinajstić information content (AvgIpc) is 3.32. The van der Waals surface area contributed by atoms with E-state index in [9.17, 15) is 4.79 Å². The van der Waals surface area contributed by atoms with E-state index in [4.69, 9.17) is 9.15 Å². The lowest BCUT2D eigenvalue weighted by Crippen LogP contribution is -2.12. The Hall–Kier alpha value is -3.01. The molecule has 27 heavy (non-hydrogen) atoms. The summed E-state index contributed by atoms with van der Waals surface area (Å²) < 4.78 is 11.5. The quantitative estimate of drug-likeness (QED) is 0.678. The molecule has 1 N–H and O–H groups in total. The van der Waals surface area contributed by atoms with Crippen LogP contribution in [0.2, 0.25) is 0 Å². The van der Waals surface area contributed by atoms with Gasteiger partial charge in [0.15, 0.2) is 5.76 Å². The van der Waals surface area contributed by atoms with Gasteiger partial charge in [-0.3, -0.25) is 4.79 Å². The van der Waals surface area contributed by atoms with Crippen molar-refractivity contribution in [3.8, 4) is 5.75 Å². The van der Waals surface area contributed by atoms with E-state index < -0.39 is 0 Å². The van der Waals surface area contributed by atoms with Crippen molar-refractivity contribution in [2.75, 3.05) is 5.32 Å². The number of rotatable bonds is 5. The molecule has 0 unspecified atom stereocenters. The predicted molar refractivity (Wildman–Crippen MR) is 105 cm³/mol. The van der Waals surface area contributed by atoms with Crippen LogP contribution in [0.1, 0.15) is 45.0 Å². The number of hydrogen-bond donors (Lipinski definition) is 1. The Bertz CT molecular complexity index is 987. The van der Waals surface area contributed by atoms with E-state index in [0.717, 1.165) is 35.4 Å². The summed E-state index contributed by atoms with van der Waals surface area (Å²) in [5.41, 5.74) is 5.78. The number of fused-ring (bicyclic) bond motifs is 1. The lowest BCUT2D eigenvalue weighted by Gasteiger charge is -2.09. The minimum absolute atomic E-state index is 0.257. The highest BCUT2D eigenvalue weighted by atomic mass is 16.5. The Kier molecular flexibility index (Phi) is 4.71. The molecule has 4 nitrogen and oxygen atoms in total. The molecule has 0 aliphatic heterocycles. The average molecular weight is 361 g/mol. The van der Waals surface area contributed by atoms with Gasteiger partial charge in [-0.25, -0.2) is 0 Å². The lowest BCUT2D eigenvalue weighted by atomic mass is 10.1. The van der Waals surface area contributed by atoms with Crippen molar-refractivity contribution in [1.29, 1.82) is 0 Å². The molecule has 3 aromatic rings. The minimum atomic E-state index is -0.257. The zero-order valence-electron chi connectivity index (χ0n) is 15.7. The van der Waals surface area contributed by atoms with Crippen LogP contribution in [0.3, 0.4) is 0 Å². The van der Waals surface area contributed by atoms with E-state index in [1.807, 2.05) is 38.1 Å². The molecule has 1 amide bonds. The molecule has 0 atom stereocenters. The van der Waals surface area contributed by atoms with Crippen LogP contribution in [0, 0.1) is 13.8 Å². The third kappa shape index (κ3) is 3.75. The number of ether oxygens (including phenoxy) is 1. The van der Waals surface area contributed by atoms with E-state index >= 15 is 0 Å². The molecule has 2 aromatic carbocycles. The number of amides is 1. The van der Waals surface area contributed by atoms with Crippen molar-refractivity contribution in [3.05, 3.63) is 82.3 Å². The molecule has 1 heterocycles. The number of carbonyl (C=O) groups excluding carboxylic acids is 1. The Morgan fingerprint density at radius 3 is 2.81 bits per heavy atom. The third-order valence-electron chi connectivity index (χ3n) is 5.19. The van der Waals surface area contributed by atoms with Crippen molar-refractivity contribution >= 4 is 11.6 Å². The maximum Gasteiger partial charge on any atom is 0.291 e. The molecule has 0 saturated carbocycles. The van der Waals surface area contributed by atoms with Gasteiger partial charge in [0, 0.05) is 5.69 Å². The molecule has 0 fully saturated rings. The number of carbonyl (C=O) groups is 1. The topological polar surface area (TPSA) is 51.5 Å². The first kappa shape index (κ1) is 17.4. The second-order valence-electron chi connectivity index (χ2n) is 7.04. The molecule has 138 valence electrons. The number of hydrogen-bond acceptors (Lipinski definition) is 3. The molecular weight excluding hydrogens is 338 g/mol. The zero-order chi connectivity index (χ0) is 18.8. The van der Waals surface area contributed by atoms with Gasteiger partial charge in [0.1, 0.15) is 18.1 Å². The fourth-order valence-electron chi connectivity index (χ4n) is 3.44. The van der Waals surface area contributed by atoms with Crippen molar-refractivity contribution in [3.63, 3.8) is 0 Å². The third-order valence-corrected chi connectivity index (χ3v) is 5.19. The van der Waals surface area contributed by atoms with Gasteiger partial charge in [0.2, 0.25) is 0 Å². The molecule has 0 bridgehead atoms. The van der Waals surface area contributed by atoms with Gasteiger partial charge in [-0.15, -0.1) is 0 Å². The molecule has 4 rings (SSSR count). The first-order valence-corrected chi connectivity index (χ1v) is 9.31. The lowest BCUT2D eigenvalue weighted by molar-refractivity contribution is 0.0992. The van der Waals surface area contributed by atoms with Crippen LogP contribution < -0.4 is 10.1 Å². The summed E-state index contributed by atoms with van der Waals surface area (Å²) in [5, 5.41) is 2.91. The number of benzene rings is 2. The van der Waals surface area contributed by atoms with Crippen LogP contribution in [-0.2, 0) is 19.4 Å². The zero-order valence-corrected chi connectivity index (χ0v) is 15.7. The standard InChI is InChI=1S/C23H23NO3/c1-15-5-3-8-21(16(15)2)24-23(25)22-12-11-20(27-22)14-26-19-10-9-17-6-4-7-18(17)13-19/h3,5,8-13H,4,6-7,14H2,1-2H3,(H,24,25). The summed E-state index contributed by atoms with van der Waals surface area (Å²) >= 11 is 0. The van der Waals surface area contributed by atoms with Crippen molar-refractivity contribution in [2.45, 2.75) is 39.7 Å². The normalized spacial score (nSPS) is 12.7. The number of nitrogens with one attached hydrogen (secondary N) is 1. The largest absolute Gasteiger partial charge is 0.486 e. The fourth-order valence-corrected chi connectivity index (χ4v) is 3.44. The Morgan fingerprint density at radius 2 is 1.93 bits per heavy atom. The highest BCUT2D eigenvalue weighted by Gasteiger charge is 2.14. The summed E-state index contributed by atoms with van der Waals surface area (Å²) in [6.45, 7) is 4.31. The van der Waals surface area contributed by atoms with Gasteiger partial charge in [-0.1, -0.05) is 18.2 Å². The molecule has 0 radical (unpaired) electrons. The van der Waals surface area contributed by atoms with Crippen LogP contribution in [0.25, 0.3) is 0 Å². The fraction of sp³-hybridized carbons (Fsp3) is 0.261. The highest BCUT2D eigenvalue weighted by molar-refractivity contribution is 6.02. The summed E-state index contributed by atoms with van der Waals surface area (Å²) in [6, 6.07) is 15.6. The van der Waals surface area contributed by atoms with Crippen molar-refractivity contribution in [1.82, 2.24) is 0 Å². The Morgan fingerprint density at radius 1 is 1.07 bits per heavy atom. The Balaban J connectivity index is 1.39. The minimum Gasteiger partial charge on any atom is -0.486 e. The maximum absolute atomic E-state index is 12.4. The van der Waals surface area contributed by atoms with Crippen LogP contribution in [0.4, 0.5) is 5.69 Å². The van der Waals surface area contributed by atoms with E-state index in [0.29, 0.717) is 12.4 Å². The van der Waals surface area contributed by atoms with Crippen LogP contribution in [0.15, 0.2) is 52.9 Å². The SMILES string of the molecule is Cc1cccc(NC(=O)c2ccc(COc3ccc4c(c3)CCC4)o2)c1C. The molecular formula is C23H23NO3. The molecule has 1 aliphatic carbocycles. The molecule has 4 heteroatoms. The van der Waals surface area contributed by atoms with Crippen LogP contribution in [0.5, 0.6) is 5.75 Å².